The molecule has 0 fully saturated rings. The number of rotatable bonds is 4. The van der Waals surface area contributed by atoms with Gasteiger partial charge in [0, 0.05) is 5.56 Å². The van der Waals surface area contributed by atoms with Crippen LogP contribution in [0.15, 0.2) is 24.5 Å². The molecule has 1 heterocycles. The van der Waals surface area contributed by atoms with Crippen molar-refractivity contribution in [2.45, 2.75) is 39.7 Å². The molecule has 2 aromatic rings. The van der Waals surface area contributed by atoms with Crippen molar-refractivity contribution in [3.05, 3.63) is 52.2 Å². The SMILES string of the molecule is Cc1ccc(C(C)Nc2ncnc(Cl)c2C(C)C)cc1F. The Morgan fingerprint density at radius 3 is 2.52 bits per heavy atom. The Balaban J connectivity index is 2.29. The molecule has 5 heteroatoms. The van der Waals surface area contributed by atoms with E-state index in [2.05, 4.69) is 15.3 Å². The highest BCUT2D eigenvalue weighted by Crippen LogP contribution is 2.30. The van der Waals surface area contributed by atoms with Gasteiger partial charge < -0.3 is 5.32 Å². The zero-order valence-corrected chi connectivity index (χ0v) is 13.4. The molecule has 0 radical (unpaired) electrons. The number of halogens is 2. The number of benzene rings is 1. The average Bonchev–Trinajstić information content (AvgIpc) is 2.41. The first-order valence-electron chi connectivity index (χ1n) is 6.93. The minimum atomic E-state index is -0.203. The highest BCUT2D eigenvalue weighted by atomic mass is 35.5. The fourth-order valence-electron chi connectivity index (χ4n) is 2.17. The standard InChI is InChI=1S/C16H19ClFN3/c1-9(2)14-15(17)19-8-20-16(14)21-11(4)12-6-5-10(3)13(18)7-12/h5-9,11H,1-4H3,(H,19,20,21). The van der Waals surface area contributed by atoms with E-state index in [0.29, 0.717) is 16.5 Å². The summed E-state index contributed by atoms with van der Waals surface area (Å²) in [5.74, 6) is 0.688. The van der Waals surface area contributed by atoms with Crippen LogP contribution < -0.4 is 5.32 Å². The molecule has 0 saturated heterocycles. The van der Waals surface area contributed by atoms with Gasteiger partial charge in [-0.05, 0) is 37.0 Å². The van der Waals surface area contributed by atoms with Gasteiger partial charge in [-0.1, -0.05) is 37.6 Å². The largest absolute Gasteiger partial charge is 0.363 e. The Bertz CT molecular complexity index is 643. The van der Waals surface area contributed by atoms with Crippen molar-refractivity contribution in [3.63, 3.8) is 0 Å². The highest BCUT2D eigenvalue weighted by Gasteiger charge is 2.16. The van der Waals surface area contributed by atoms with E-state index in [1.165, 1.54) is 6.33 Å². The van der Waals surface area contributed by atoms with E-state index in [0.717, 1.165) is 11.1 Å². The summed E-state index contributed by atoms with van der Waals surface area (Å²) in [6, 6.07) is 5.15. The quantitative estimate of drug-likeness (QED) is 0.819. The lowest BCUT2D eigenvalue weighted by Crippen LogP contribution is -2.12. The van der Waals surface area contributed by atoms with E-state index in [4.69, 9.17) is 11.6 Å². The Labute approximate surface area is 129 Å². The van der Waals surface area contributed by atoms with Gasteiger partial charge >= 0.3 is 0 Å². The summed E-state index contributed by atoms with van der Waals surface area (Å²) in [6.45, 7) is 7.78. The topological polar surface area (TPSA) is 37.8 Å². The van der Waals surface area contributed by atoms with Crippen molar-refractivity contribution in [2.24, 2.45) is 0 Å². The second-order valence-corrected chi connectivity index (χ2v) is 5.81. The van der Waals surface area contributed by atoms with Gasteiger partial charge in [-0.25, -0.2) is 14.4 Å². The molecule has 2 rings (SSSR count). The van der Waals surface area contributed by atoms with Crippen LogP contribution in [-0.4, -0.2) is 9.97 Å². The van der Waals surface area contributed by atoms with Gasteiger partial charge in [-0.3, -0.25) is 0 Å². The van der Waals surface area contributed by atoms with Crippen molar-refractivity contribution in [2.75, 3.05) is 5.32 Å². The summed E-state index contributed by atoms with van der Waals surface area (Å²) in [4.78, 5) is 8.29. The van der Waals surface area contributed by atoms with Crippen LogP contribution in [0.4, 0.5) is 10.2 Å². The van der Waals surface area contributed by atoms with Gasteiger partial charge in [0.25, 0.3) is 0 Å². The maximum absolute atomic E-state index is 13.7. The molecule has 0 amide bonds. The van der Waals surface area contributed by atoms with Crippen LogP contribution in [0.2, 0.25) is 5.15 Å². The fourth-order valence-corrected chi connectivity index (χ4v) is 2.52. The molecule has 1 aromatic heterocycles. The lowest BCUT2D eigenvalue weighted by Gasteiger charge is -2.19. The smallest absolute Gasteiger partial charge is 0.138 e. The van der Waals surface area contributed by atoms with Crippen LogP contribution in [0.1, 0.15) is 49.4 Å². The van der Waals surface area contributed by atoms with Crippen molar-refractivity contribution in [1.82, 2.24) is 9.97 Å². The zero-order valence-electron chi connectivity index (χ0n) is 12.6. The van der Waals surface area contributed by atoms with Crippen LogP contribution in [0.5, 0.6) is 0 Å². The number of nitrogens with one attached hydrogen (secondary N) is 1. The molecule has 0 spiro atoms. The summed E-state index contributed by atoms with van der Waals surface area (Å²) in [7, 11) is 0. The second kappa shape index (κ2) is 6.39. The van der Waals surface area contributed by atoms with E-state index in [1.807, 2.05) is 26.8 Å². The lowest BCUT2D eigenvalue weighted by molar-refractivity contribution is 0.614. The Hall–Kier alpha value is -1.68. The maximum Gasteiger partial charge on any atom is 0.138 e. The van der Waals surface area contributed by atoms with E-state index in [9.17, 15) is 4.39 Å². The predicted molar refractivity (Wildman–Crippen MR) is 84.3 cm³/mol. The van der Waals surface area contributed by atoms with Crippen LogP contribution in [0.3, 0.4) is 0 Å². The molecule has 21 heavy (non-hydrogen) atoms. The van der Waals surface area contributed by atoms with Crippen LogP contribution in [0, 0.1) is 12.7 Å². The number of hydrogen-bond donors (Lipinski definition) is 1. The molecular formula is C16H19ClFN3. The van der Waals surface area contributed by atoms with E-state index in [-0.39, 0.29) is 17.8 Å². The van der Waals surface area contributed by atoms with Gasteiger partial charge in [0.2, 0.25) is 0 Å². The van der Waals surface area contributed by atoms with E-state index >= 15 is 0 Å². The average molecular weight is 308 g/mol. The molecule has 112 valence electrons. The Morgan fingerprint density at radius 2 is 1.90 bits per heavy atom. The summed E-state index contributed by atoms with van der Waals surface area (Å²) in [5.41, 5.74) is 2.38. The molecule has 1 aromatic carbocycles. The monoisotopic (exact) mass is 307 g/mol. The fraction of sp³-hybridized carbons (Fsp3) is 0.375. The molecule has 1 atom stereocenters. The van der Waals surface area contributed by atoms with E-state index < -0.39 is 0 Å². The molecule has 0 bridgehead atoms. The van der Waals surface area contributed by atoms with Gasteiger partial charge in [-0.2, -0.15) is 0 Å². The first kappa shape index (κ1) is 15.7. The Morgan fingerprint density at radius 1 is 1.19 bits per heavy atom. The number of anilines is 1. The molecule has 0 aliphatic rings. The van der Waals surface area contributed by atoms with Crippen molar-refractivity contribution in [1.29, 1.82) is 0 Å². The summed E-state index contributed by atoms with van der Waals surface area (Å²) in [5, 5.41) is 3.74. The third-order valence-corrected chi connectivity index (χ3v) is 3.76. The number of hydrogen-bond acceptors (Lipinski definition) is 3. The van der Waals surface area contributed by atoms with Gasteiger partial charge in [0.05, 0.1) is 6.04 Å². The highest BCUT2D eigenvalue weighted by molar-refractivity contribution is 6.30. The molecule has 3 nitrogen and oxygen atoms in total. The Kier molecular flexibility index (Phi) is 4.78. The normalized spacial score (nSPS) is 12.5. The van der Waals surface area contributed by atoms with Gasteiger partial charge in [0.15, 0.2) is 0 Å². The predicted octanol–water partition coefficient (Wildman–Crippen LogP) is 4.87. The first-order chi connectivity index (χ1) is 9.90. The third kappa shape index (κ3) is 3.50. The summed E-state index contributed by atoms with van der Waals surface area (Å²) < 4.78 is 13.7. The van der Waals surface area contributed by atoms with Crippen LogP contribution in [0.25, 0.3) is 0 Å². The minimum absolute atomic E-state index is 0.0800. The number of nitrogens with zero attached hydrogens (tertiary/aromatic N) is 2. The number of aryl methyl sites for hydroxylation is 1. The molecule has 0 aliphatic heterocycles. The molecule has 1 N–H and O–H groups in total. The summed E-state index contributed by atoms with van der Waals surface area (Å²) in [6.07, 6.45) is 1.43. The molecule has 0 aliphatic carbocycles. The van der Waals surface area contributed by atoms with Crippen molar-refractivity contribution >= 4 is 17.4 Å². The van der Waals surface area contributed by atoms with E-state index in [1.54, 1.807) is 19.1 Å². The molecular weight excluding hydrogens is 289 g/mol. The van der Waals surface area contributed by atoms with Gasteiger partial charge in [0.1, 0.15) is 23.1 Å². The second-order valence-electron chi connectivity index (χ2n) is 5.46. The zero-order chi connectivity index (χ0) is 15.6. The van der Waals surface area contributed by atoms with Gasteiger partial charge in [-0.15, -0.1) is 0 Å². The minimum Gasteiger partial charge on any atom is -0.363 e. The van der Waals surface area contributed by atoms with Crippen molar-refractivity contribution < 1.29 is 4.39 Å². The van der Waals surface area contributed by atoms with Crippen LogP contribution in [-0.2, 0) is 0 Å². The molecule has 0 saturated carbocycles. The maximum atomic E-state index is 13.7. The lowest BCUT2D eigenvalue weighted by atomic mass is 10.0. The number of aromatic nitrogens is 2. The third-order valence-electron chi connectivity index (χ3n) is 3.46. The van der Waals surface area contributed by atoms with Crippen molar-refractivity contribution in [3.8, 4) is 0 Å². The first-order valence-corrected chi connectivity index (χ1v) is 7.31. The van der Waals surface area contributed by atoms with Crippen LogP contribution >= 0.6 is 11.6 Å². The summed E-state index contributed by atoms with van der Waals surface area (Å²) >= 11 is 6.15. The molecule has 1 unspecified atom stereocenters.